The number of halogens is 2. The number of nitrogens with one attached hydrogen (secondary N) is 2. The fourth-order valence-electron chi connectivity index (χ4n) is 5.97. The third-order valence-corrected chi connectivity index (χ3v) is 9.10. The lowest BCUT2D eigenvalue weighted by atomic mass is 9.97. The maximum Gasteiger partial charge on any atom is 0.327 e. The van der Waals surface area contributed by atoms with Crippen molar-refractivity contribution < 1.29 is 32.7 Å². The molecule has 42 heavy (non-hydrogen) atoms. The number of hydrogen-bond acceptors (Lipinski definition) is 7. The van der Waals surface area contributed by atoms with Gasteiger partial charge in [-0.2, -0.15) is 14.0 Å². The number of hydrogen-bond donors (Lipinski definition) is 2. The van der Waals surface area contributed by atoms with Gasteiger partial charge in [-0.15, -0.1) is 0 Å². The number of anilines is 1. The van der Waals surface area contributed by atoms with Crippen LogP contribution in [0.4, 0.5) is 14.5 Å². The monoisotopic (exact) mass is 584 g/mol. The topological polar surface area (TPSA) is 145 Å². The summed E-state index contributed by atoms with van der Waals surface area (Å²) in [6, 6.07) is 2.18. The van der Waals surface area contributed by atoms with Gasteiger partial charge in [0.15, 0.2) is 0 Å². The van der Waals surface area contributed by atoms with Crippen LogP contribution in [0.1, 0.15) is 57.8 Å². The lowest BCUT2D eigenvalue weighted by Gasteiger charge is -2.35. The molecule has 224 valence electrons. The van der Waals surface area contributed by atoms with Gasteiger partial charge in [-0.3, -0.25) is 19.2 Å². The smallest absolute Gasteiger partial charge is 0.327 e. The van der Waals surface area contributed by atoms with Crippen molar-refractivity contribution in [3.05, 3.63) is 18.3 Å². The van der Waals surface area contributed by atoms with Crippen molar-refractivity contribution in [2.75, 3.05) is 18.9 Å². The van der Waals surface area contributed by atoms with E-state index >= 15 is 0 Å². The van der Waals surface area contributed by atoms with E-state index in [1.807, 2.05) is 0 Å². The van der Waals surface area contributed by atoms with E-state index in [0.717, 1.165) is 25.7 Å². The first kappa shape index (κ1) is 28.3. The average molecular weight is 585 g/mol. The highest BCUT2D eigenvalue weighted by Crippen LogP contribution is 2.44. The number of fused-ring (bicyclic) bond motifs is 1. The van der Waals surface area contributed by atoms with E-state index in [0.29, 0.717) is 12.1 Å². The first-order valence-electron chi connectivity index (χ1n) is 14.6. The van der Waals surface area contributed by atoms with Crippen LogP contribution in [0.25, 0.3) is 0 Å². The van der Waals surface area contributed by atoms with Gasteiger partial charge in [0.05, 0.1) is 12.6 Å². The summed E-state index contributed by atoms with van der Waals surface area (Å²) in [4.78, 5) is 60.3. The molecule has 1 spiro atoms. The molecule has 3 saturated carbocycles. The number of amides is 4. The van der Waals surface area contributed by atoms with Gasteiger partial charge in [-0.25, -0.2) is 4.98 Å². The highest BCUT2D eigenvalue weighted by molar-refractivity contribution is 6.02. The normalized spacial score (nSPS) is 26.4. The van der Waals surface area contributed by atoms with E-state index in [1.54, 1.807) is 12.1 Å². The summed E-state index contributed by atoms with van der Waals surface area (Å²) < 4.78 is 35.1. The minimum atomic E-state index is -3.55. The fraction of sp³-hybridized carbons (Fsp3) is 0.655. The molecule has 0 radical (unpaired) electrons. The van der Waals surface area contributed by atoms with Crippen LogP contribution < -0.4 is 15.4 Å². The Balaban J connectivity index is 1.22. The Morgan fingerprint density at radius 3 is 2.57 bits per heavy atom. The Morgan fingerprint density at radius 1 is 1.24 bits per heavy atom. The zero-order valence-electron chi connectivity index (χ0n) is 23.4. The number of likely N-dealkylation sites (N-methyl/N-ethyl adjacent to an activating group) is 1. The number of nitrogens with zero attached hydrogens (tertiary/aromatic N) is 4. The molecule has 3 heterocycles. The fourth-order valence-corrected chi connectivity index (χ4v) is 5.97. The molecule has 4 fully saturated rings. The van der Waals surface area contributed by atoms with Gasteiger partial charge >= 0.3 is 5.92 Å². The zero-order chi connectivity index (χ0) is 29.8. The molecule has 2 aliphatic heterocycles. The minimum Gasteiger partial charge on any atom is -0.457 e. The van der Waals surface area contributed by atoms with Crippen molar-refractivity contribution in [2.24, 2.45) is 17.8 Å². The third-order valence-electron chi connectivity index (χ3n) is 9.10. The van der Waals surface area contributed by atoms with Crippen LogP contribution >= 0.6 is 0 Å². The SMILES string of the molecule is CN(C(=O)[C@H](CC1CC1)NC(=O)C(F)(F)C1CC1)[C@@H](CC1CC1)C(=O)N1C[C@@]2(C[C@H]1C#N)Oc1ncccc1NC2=O. The molecule has 2 N–H and O–H groups in total. The zero-order valence-corrected chi connectivity index (χ0v) is 23.4. The van der Waals surface area contributed by atoms with Gasteiger partial charge in [0.2, 0.25) is 23.3 Å². The van der Waals surface area contributed by atoms with Crippen molar-refractivity contribution in [2.45, 2.75) is 87.4 Å². The van der Waals surface area contributed by atoms with E-state index in [4.69, 9.17) is 4.74 Å². The van der Waals surface area contributed by atoms with E-state index in [9.17, 15) is 33.2 Å². The van der Waals surface area contributed by atoms with Crippen molar-refractivity contribution in [1.82, 2.24) is 20.1 Å². The third kappa shape index (κ3) is 5.39. The molecule has 0 unspecified atom stereocenters. The Kier molecular flexibility index (Phi) is 7.06. The molecule has 5 aliphatic rings. The number of likely N-dealkylation sites (tertiary alicyclic amines) is 1. The number of pyridine rings is 1. The van der Waals surface area contributed by atoms with Gasteiger partial charge < -0.3 is 25.2 Å². The molecule has 1 aromatic rings. The lowest BCUT2D eigenvalue weighted by molar-refractivity contribution is -0.153. The Hall–Kier alpha value is -3.82. The molecule has 3 aliphatic carbocycles. The van der Waals surface area contributed by atoms with Crippen LogP contribution in [0.5, 0.6) is 5.88 Å². The Labute approximate surface area is 241 Å². The van der Waals surface area contributed by atoms with Gasteiger partial charge in [-0.1, -0.05) is 25.7 Å². The van der Waals surface area contributed by atoms with E-state index in [-0.39, 0.29) is 49.9 Å². The highest BCUT2D eigenvalue weighted by atomic mass is 19.3. The lowest BCUT2D eigenvalue weighted by Crippen LogP contribution is -2.58. The number of carbonyl (C=O) groups is 4. The average Bonchev–Trinajstić information content (AvgIpc) is 3.82. The van der Waals surface area contributed by atoms with Crippen LogP contribution in [0.2, 0.25) is 0 Å². The molecule has 0 bridgehead atoms. The van der Waals surface area contributed by atoms with Crippen molar-refractivity contribution in [1.29, 1.82) is 5.26 Å². The molecule has 0 aromatic carbocycles. The second-order valence-electron chi connectivity index (χ2n) is 12.5. The quantitative estimate of drug-likeness (QED) is 0.429. The maximum atomic E-state index is 14.6. The number of nitriles is 1. The van der Waals surface area contributed by atoms with Crippen LogP contribution in [-0.4, -0.2) is 81.7 Å². The summed E-state index contributed by atoms with van der Waals surface area (Å²) in [5, 5.41) is 15.0. The van der Waals surface area contributed by atoms with Crippen LogP contribution in [0.15, 0.2) is 18.3 Å². The van der Waals surface area contributed by atoms with Crippen molar-refractivity contribution >= 4 is 29.3 Å². The van der Waals surface area contributed by atoms with E-state index in [2.05, 4.69) is 21.7 Å². The molecule has 4 atom stereocenters. The van der Waals surface area contributed by atoms with Gasteiger partial charge in [0.1, 0.15) is 23.8 Å². The molecule has 1 saturated heterocycles. The second-order valence-corrected chi connectivity index (χ2v) is 12.5. The first-order chi connectivity index (χ1) is 20.0. The summed E-state index contributed by atoms with van der Waals surface area (Å²) >= 11 is 0. The van der Waals surface area contributed by atoms with Crippen molar-refractivity contribution in [3.8, 4) is 11.9 Å². The van der Waals surface area contributed by atoms with E-state index < -0.39 is 59.2 Å². The molecular formula is C29H34F2N6O5. The summed E-state index contributed by atoms with van der Waals surface area (Å²) in [7, 11) is 1.44. The predicted octanol–water partition coefficient (Wildman–Crippen LogP) is 2.23. The Morgan fingerprint density at radius 2 is 1.93 bits per heavy atom. The maximum absolute atomic E-state index is 14.6. The van der Waals surface area contributed by atoms with E-state index in [1.165, 1.54) is 23.0 Å². The molecule has 11 nitrogen and oxygen atoms in total. The summed E-state index contributed by atoms with van der Waals surface area (Å²) in [5.74, 6) is -7.14. The number of aromatic nitrogens is 1. The minimum absolute atomic E-state index is 0.0818. The Bertz CT molecular complexity index is 1340. The van der Waals surface area contributed by atoms with Crippen LogP contribution in [-0.2, 0) is 19.2 Å². The van der Waals surface area contributed by atoms with Crippen molar-refractivity contribution in [3.63, 3.8) is 0 Å². The second kappa shape index (κ2) is 10.5. The molecule has 4 amide bonds. The molecule has 1 aromatic heterocycles. The van der Waals surface area contributed by atoms with Crippen LogP contribution in [0, 0.1) is 29.1 Å². The van der Waals surface area contributed by atoms with Gasteiger partial charge in [0.25, 0.3) is 11.8 Å². The number of carbonyl (C=O) groups excluding carboxylic acids is 4. The largest absolute Gasteiger partial charge is 0.457 e. The predicted molar refractivity (Wildman–Crippen MR) is 143 cm³/mol. The number of ether oxygens (including phenoxy) is 1. The summed E-state index contributed by atoms with van der Waals surface area (Å²) in [6.45, 7) is -0.217. The van der Waals surface area contributed by atoms with Gasteiger partial charge in [-0.05, 0) is 49.7 Å². The molecular weight excluding hydrogens is 550 g/mol. The number of alkyl halides is 2. The molecule has 6 rings (SSSR count). The summed E-state index contributed by atoms with van der Waals surface area (Å²) in [5.41, 5.74) is -1.14. The highest BCUT2D eigenvalue weighted by Gasteiger charge is 2.57. The molecule has 13 heteroatoms. The first-order valence-corrected chi connectivity index (χ1v) is 14.6. The summed E-state index contributed by atoms with van der Waals surface area (Å²) in [6.07, 6.45) is 5.92. The standard InChI is InChI=1S/C29H34F2N6O5/c1-36(24(38)21(11-16-4-5-16)35-27(41)29(30,31)18-8-9-18)22(12-17-6-7-17)25(39)37-15-28(13-19(37)14-32)26(40)34-20-3-2-10-33-23(20)42-28/h2-3,10,16-19,21-22H,4-9,11-13,15H2,1H3,(H,34,40)(H,35,41)/t19-,21-,22-,28+/m0/s1. The van der Waals surface area contributed by atoms with Gasteiger partial charge in [0, 0.05) is 25.6 Å². The number of rotatable bonds is 10. The van der Waals surface area contributed by atoms with Crippen LogP contribution in [0.3, 0.4) is 0 Å².